The minimum absolute atomic E-state index is 0.0440. The highest BCUT2D eigenvalue weighted by Gasteiger charge is 2.29. The molecule has 0 saturated heterocycles. The molecule has 150 valence electrons. The number of hydrogen-bond donors (Lipinski definition) is 3. The molecule has 0 radical (unpaired) electrons. The normalized spacial score (nSPS) is 13.9. The Morgan fingerprint density at radius 1 is 1.31 bits per heavy atom. The van der Waals surface area contributed by atoms with Gasteiger partial charge in [-0.25, -0.2) is 4.98 Å². The van der Waals surface area contributed by atoms with Crippen molar-refractivity contribution in [3.63, 3.8) is 0 Å². The molecule has 1 fully saturated rings. The van der Waals surface area contributed by atoms with Crippen LogP contribution in [0.15, 0.2) is 30.6 Å². The van der Waals surface area contributed by atoms with Crippen molar-refractivity contribution in [3.8, 4) is 17.3 Å². The summed E-state index contributed by atoms with van der Waals surface area (Å²) in [5, 5.41) is 24.6. The zero-order valence-electron chi connectivity index (χ0n) is 16.2. The van der Waals surface area contributed by atoms with E-state index in [1.807, 2.05) is 0 Å². The molecule has 1 saturated carbocycles. The quantitative estimate of drug-likeness (QED) is 0.643. The van der Waals surface area contributed by atoms with Crippen LogP contribution in [0.3, 0.4) is 0 Å². The SMILES string of the molecule is CN(C)C(=O)[C@H](CO)Nc1cc(-c2cnc(NC(=O)C3CC3)cn2)ccc1C#N. The molecule has 29 heavy (non-hydrogen) atoms. The second kappa shape index (κ2) is 8.67. The first kappa shape index (κ1) is 20.2. The molecule has 1 aromatic heterocycles. The number of hydrogen-bond acceptors (Lipinski definition) is 7. The Bertz CT molecular complexity index is 948. The number of rotatable bonds is 7. The third kappa shape index (κ3) is 4.86. The van der Waals surface area contributed by atoms with E-state index in [1.54, 1.807) is 32.3 Å². The van der Waals surface area contributed by atoms with Crippen molar-refractivity contribution >= 4 is 23.3 Å². The lowest BCUT2D eigenvalue weighted by atomic mass is 10.1. The average molecular weight is 394 g/mol. The monoisotopic (exact) mass is 394 g/mol. The lowest BCUT2D eigenvalue weighted by Gasteiger charge is -2.21. The van der Waals surface area contributed by atoms with Crippen molar-refractivity contribution < 1.29 is 14.7 Å². The lowest BCUT2D eigenvalue weighted by Crippen LogP contribution is -2.41. The fraction of sp³-hybridized carbons (Fsp3) is 0.350. The molecule has 3 rings (SSSR count). The number of likely N-dealkylation sites (N-methyl/N-ethyl adjacent to an activating group) is 1. The van der Waals surface area contributed by atoms with Crippen LogP contribution in [0.5, 0.6) is 0 Å². The van der Waals surface area contributed by atoms with Gasteiger partial charge in [-0.2, -0.15) is 5.26 Å². The van der Waals surface area contributed by atoms with E-state index in [1.165, 1.54) is 17.3 Å². The molecular weight excluding hydrogens is 372 g/mol. The lowest BCUT2D eigenvalue weighted by molar-refractivity contribution is -0.130. The maximum absolute atomic E-state index is 12.2. The van der Waals surface area contributed by atoms with Crippen LogP contribution in [0.1, 0.15) is 18.4 Å². The van der Waals surface area contributed by atoms with Gasteiger partial charge in [-0.05, 0) is 25.0 Å². The highest BCUT2D eigenvalue weighted by Crippen LogP contribution is 2.30. The molecule has 0 aliphatic heterocycles. The van der Waals surface area contributed by atoms with Crippen LogP contribution in [-0.2, 0) is 9.59 Å². The maximum Gasteiger partial charge on any atom is 0.246 e. The number of benzene rings is 1. The number of aliphatic hydroxyl groups excluding tert-OH is 1. The average Bonchev–Trinajstić information content (AvgIpc) is 3.57. The Balaban J connectivity index is 1.81. The van der Waals surface area contributed by atoms with Gasteiger partial charge >= 0.3 is 0 Å². The minimum atomic E-state index is -0.876. The Kier molecular flexibility index (Phi) is 6.04. The van der Waals surface area contributed by atoms with Crippen LogP contribution < -0.4 is 10.6 Å². The number of anilines is 2. The van der Waals surface area contributed by atoms with E-state index in [-0.39, 0.29) is 17.7 Å². The highest BCUT2D eigenvalue weighted by atomic mass is 16.3. The van der Waals surface area contributed by atoms with Gasteiger partial charge in [-0.15, -0.1) is 0 Å². The van der Waals surface area contributed by atoms with E-state index < -0.39 is 12.6 Å². The second-order valence-corrected chi connectivity index (χ2v) is 7.03. The summed E-state index contributed by atoms with van der Waals surface area (Å²) in [7, 11) is 3.18. The molecule has 1 aliphatic carbocycles. The van der Waals surface area contributed by atoms with Crippen molar-refractivity contribution in [2.24, 2.45) is 5.92 Å². The van der Waals surface area contributed by atoms with Crippen LogP contribution in [0.2, 0.25) is 0 Å². The molecule has 0 spiro atoms. The Hall–Kier alpha value is -3.51. The van der Waals surface area contributed by atoms with Crippen molar-refractivity contribution in [2.75, 3.05) is 31.3 Å². The summed E-state index contributed by atoms with van der Waals surface area (Å²) >= 11 is 0. The molecule has 9 heteroatoms. The number of nitriles is 1. The molecule has 0 unspecified atom stereocenters. The van der Waals surface area contributed by atoms with E-state index in [2.05, 4.69) is 26.7 Å². The van der Waals surface area contributed by atoms with Gasteiger partial charge in [-0.1, -0.05) is 6.07 Å². The van der Waals surface area contributed by atoms with Gasteiger partial charge in [0.1, 0.15) is 12.1 Å². The third-order valence-corrected chi connectivity index (χ3v) is 4.54. The van der Waals surface area contributed by atoms with E-state index in [4.69, 9.17) is 0 Å². The summed E-state index contributed by atoms with van der Waals surface area (Å²) in [4.78, 5) is 33.9. The zero-order valence-corrected chi connectivity index (χ0v) is 16.2. The Labute approximate surface area is 168 Å². The van der Waals surface area contributed by atoms with Crippen LogP contribution >= 0.6 is 0 Å². The number of nitrogens with zero attached hydrogens (tertiary/aromatic N) is 4. The van der Waals surface area contributed by atoms with Crippen molar-refractivity contribution in [2.45, 2.75) is 18.9 Å². The number of carbonyl (C=O) groups is 2. The number of carbonyl (C=O) groups excluding carboxylic acids is 2. The fourth-order valence-electron chi connectivity index (χ4n) is 2.72. The maximum atomic E-state index is 12.2. The van der Waals surface area contributed by atoms with Gasteiger partial charge in [0.25, 0.3) is 0 Å². The van der Waals surface area contributed by atoms with Gasteiger partial charge in [0.2, 0.25) is 11.8 Å². The van der Waals surface area contributed by atoms with E-state index in [9.17, 15) is 20.0 Å². The largest absolute Gasteiger partial charge is 0.394 e. The smallest absolute Gasteiger partial charge is 0.246 e. The summed E-state index contributed by atoms with van der Waals surface area (Å²) in [6.45, 7) is -0.415. The van der Waals surface area contributed by atoms with Crippen molar-refractivity contribution in [3.05, 3.63) is 36.2 Å². The fourth-order valence-corrected chi connectivity index (χ4v) is 2.72. The summed E-state index contributed by atoms with van der Waals surface area (Å²) in [6.07, 6.45) is 4.82. The molecule has 2 amide bonds. The van der Waals surface area contributed by atoms with Crippen LogP contribution in [-0.4, -0.2) is 58.5 Å². The van der Waals surface area contributed by atoms with Crippen molar-refractivity contribution in [1.29, 1.82) is 5.26 Å². The molecular formula is C20H22N6O3. The number of nitrogens with one attached hydrogen (secondary N) is 2. The topological polar surface area (TPSA) is 131 Å². The molecule has 1 heterocycles. The molecule has 1 aliphatic rings. The van der Waals surface area contributed by atoms with E-state index in [0.717, 1.165) is 12.8 Å². The van der Waals surface area contributed by atoms with Crippen molar-refractivity contribution in [1.82, 2.24) is 14.9 Å². The molecule has 1 atom stereocenters. The molecule has 1 aromatic carbocycles. The number of amides is 2. The first-order chi connectivity index (χ1) is 13.9. The highest BCUT2D eigenvalue weighted by molar-refractivity contribution is 5.93. The van der Waals surface area contributed by atoms with E-state index >= 15 is 0 Å². The van der Waals surface area contributed by atoms with Gasteiger partial charge in [-0.3, -0.25) is 14.6 Å². The van der Waals surface area contributed by atoms with Crippen LogP contribution in [0.4, 0.5) is 11.5 Å². The van der Waals surface area contributed by atoms with Crippen LogP contribution in [0, 0.1) is 17.2 Å². The van der Waals surface area contributed by atoms with Gasteiger partial charge < -0.3 is 20.6 Å². The predicted molar refractivity (Wildman–Crippen MR) is 107 cm³/mol. The third-order valence-electron chi connectivity index (χ3n) is 4.54. The molecule has 9 nitrogen and oxygen atoms in total. The first-order valence-electron chi connectivity index (χ1n) is 9.19. The Morgan fingerprint density at radius 2 is 2.07 bits per heavy atom. The van der Waals surface area contributed by atoms with Gasteiger partial charge in [0.05, 0.1) is 35.9 Å². The molecule has 0 bridgehead atoms. The number of aromatic nitrogens is 2. The van der Waals surface area contributed by atoms with E-state index in [0.29, 0.717) is 28.3 Å². The zero-order chi connectivity index (χ0) is 21.0. The summed E-state index contributed by atoms with van der Waals surface area (Å²) in [5.74, 6) is 0.109. The van der Waals surface area contributed by atoms with Crippen LogP contribution in [0.25, 0.3) is 11.3 Å². The second-order valence-electron chi connectivity index (χ2n) is 7.03. The summed E-state index contributed by atoms with van der Waals surface area (Å²) in [6, 6.07) is 6.20. The Morgan fingerprint density at radius 3 is 2.62 bits per heavy atom. The molecule has 3 N–H and O–H groups in total. The van der Waals surface area contributed by atoms with Gasteiger partial charge in [0, 0.05) is 25.6 Å². The standard InChI is InChI=1S/C20H22N6O3/c1-26(2)20(29)17(11-27)24-15-7-13(5-6-14(15)8-21)16-9-23-18(10-22-16)25-19(28)12-3-4-12/h5-7,9-10,12,17,24,27H,3-4,11H2,1-2H3,(H,23,25,28)/t17-/m0/s1. The number of aliphatic hydroxyl groups is 1. The summed E-state index contributed by atoms with van der Waals surface area (Å²) < 4.78 is 0. The predicted octanol–water partition coefficient (Wildman–Crippen LogP) is 1.22. The summed E-state index contributed by atoms with van der Waals surface area (Å²) in [5.41, 5.74) is 1.96. The first-order valence-corrected chi connectivity index (χ1v) is 9.19. The van der Waals surface area contributed by atoms with Gasteiger partial charge in [0.15, 0.2) is 5.82 Å². The molecule has 2 aromatic rings. The minimum Gasteiger partial charge on any atom is -0.394 e.